The van der Waals surface area contributed by atoms with Gasteiger partial charge in [0.25, 0.3) is 0 Å². The molecule has 1 aromatic carbocycles. The van der Waals surface area contributed by atoms with Gasteiger partial charge in [0, 0.05) is 18.8 Å². The molecule has 0 saturated carbocycles. The molecule has 0 unspecified atom stereocenters. The summed E-state index contributed by atoms with van der Waals surface area (Å²) in [5, 5.41) is 18.2. The molecule has 1 heterocycles. The smallest absolute Gasteiger partial charge is 0.337 e. The van der Waals surface area contributed by atoms with Crippen molar-refractivity contribution in [2.24, 2.45) is 5.41 Å². The second kappa shape index (κ2) is 5.63. The molecule has 0 aromatic heterocycles. The van der Waals surface area contributed by atoms with E-state index in [1.165, 1.54) is 7.11 Å². The molecule has 5 nitrogen and oxygen atoms in total. The third-order valence-corrected chi connectivity index (χ3v) is 3.68. The van der Waals surface area contributed by atoms with E-state index < -0.39 is 5.41 Å². The molecule has 0 radical (unpaired) electrons. The minimum atomic E-state index is -0.865. The van der Waals surface area contributed by atoms with Crippen molar-refractivity contribution in [3.05, 3.63) is 29.8 Å². The van der Waals surface area contributed by atoms with E-state index in [0.29, 0.717) is 31.5 Å². The van der Waals surface area contributed by atoms with Gasteiger partial charge in [-0.1, -0.05) is 6.07 Å². The highest BCUT2D eigenvalue weighted by Gasteiger charge is 2.34. The normalized spacial score (nSPS) is 16.9. The van der Waals surface area contributed by atoms with Gasteiger partial charge in [-0.3, -0.25) is 0 Å². The fourth-order valence-corrected chi connectivity index (χ4v) is 2.34. The molecule has 0 amide bonds. The molecule has 0 spiro atoms. The van der Waals surface area contributed by atoms with Crippen LogP contribution in [0.4, 0.5) is 5.69 Å². The summed E-state index contributed by atoms with van der Waals surface area (Å²) in [6, 6.07) is 11.4. The lowest BCUT2D eigenvalue weighted by Crippen LogP contribution is -2.38. The zero-order chi connectivity index (χ0) is 14.6. The fraction of sp³-hybridized carbons (Fsp3) is 0.400. The number of carbonyl (C=O) groups excluding carboxylic acids is 1. The van der Waals surface area contributed by atoms with Crippen molar-refractivity contribution in [1.82, 2.24) is 0 Å². The standard InChI is InChI=1S/C15H15N3O2/c1-20-14(19)12-3-2-4-13(9-12)18-7-5-15(10-16,11-17)6-8-18/h2-4,9H,5-8H2,1H3. The summed E-state index contributed by atoms with van der Waals surface area (Å²) in [7, 11) is 1.35. The molecule has 1 aromatic rings. The highest BCUT2D eigenvalue weighted by atomic mass is 16.5. The first-order valence-electron chi connectivity index (χ1n) is 6.40. The van der Waals surface area contributed by atoms with E-state index in [0.717, 1.165) is 5.69 Å². The number of rotatable bonds is 2. The van der Waals surface area contributed by atoms with Gasteiger partial charge in [-0.25, -0.2) is 4.79 Å². The average Bonchev–Trinajstić information content (AvgIpc) is 2.54. The first-order valence-corrected chi connectivity index (χ1v) is 6.40. The number of nitriles is 2. The van der Waals surface area contributed by atoms with E-state index in [2.05, 4.69) is 17.0 Å². The lowest BCUT2D eigenvalue weighted by Gasteiger charge is -2.34. The van der Waals surface area contributed by atoms with Crippen LogP contribution in [-0.2, 0) is 4.74 Å². The SMILES string of the molecule is COC(=O)c1cccc(N2CCC(C#N)(C#N)CC2)c1. The highest BCUT2D eigenvalue weighted by molar-refractivity contribution is 5.90. The number of nitrogens with zero attached hydrogens (tertiary/aromatic N) is 3. The molecule has 0 atom stereocenters. The third-order valence-electron chi connectivity index (χ3n) is 3.68. The van der Waals surface area contributed by atoms with Gasteiger partial charge >= 0.3 is 5.97 Å². The molecular weight excluding hydrogens is 254 g/mol. The zero-order valence-corrected chi connectivity index (χ0v) is 11.3. The summed E-state index contributed by atoms with van der Waals surface area (Å²) in [6.07, 6.45) is 1.03. The Kier molecular flexibility index (Phi) is 3.91. The molecule has 0 bridgehead atoms. The van der Waals surface area contributed by atoms with Crippen molar-refractivity contribution in [1.29, 1.82) is 10.5 Å². The average molecular weight is 269 g/mol. The Morgan fingerprint density at radius 1 is 1.30 bits per heavy atom. The second-order valence-corrected chi connectivity index (χ2v) is 4.83. The Morgan fingerprint density at radius 3 is 2.50 bits per heavy atom. The maximum absolute atomic E-state index is 11.5. The number of ether oxygens (including phenoxy) is 1. The van der Waals surface area contributed by atoms with Crippen LogP contribution in [0.2, 0.25) is 0 Å². The number of methoxy groups -OCH3 is 1. The quantitative estimate of drug-likeness (QED) is 0.768. The van der Waals surface area contributed by atoms with Crippen molar-refractivity contribution in [3.8, 4) is 12.1 Å². The van der Waals surface area contributed by atoms with Crippen LogP contribution in [0.15, 0.2) is 24.3 Å². The van der Waals surface area contributed by atoms with E-state index >= 15 is 0 Å². The van der Waals surface area contributed by atoms with Crippen LogP contribution in [0.1, 0.15) is 23.2 Å². The highest BCUT2D eigenvalue weighted by Crippen LogP contribution is 2.32. The van der Waals surface area contributed by atoms with E-state index in [4.69, 9.17) is 15.3 Å². The lowest BCUT2D eigenvalue weighted by molar-refractivity contribution is 0.0601. The minimum absolute atomic E-state index is 0.368. The lowest BCUT2D eigenvalue weighted by atomic mass is 9.81. The molecule has 2 rings (SSSR count). The molecule has 1 fully saturated rings. The fourth-order valence-electron chi connectivity index (χ4n) is 2.34. The van der Waals surface area contributed by atoms with E-state index in [1.807, 2.05) is 6.07 Å². The van der Waals surface area contributed by atoms with Crippen molar-refractivity contribution in [3.63, 3.8) is 0 Å². The summed E-state index contributed by atoms with van der Waals surface area (Å²) in [6.45, 7) is 1.26. The van der Waals surface area contributed by atoms with Gasteiger partial charge in [-0.15, -0.1) is 0 Å². The number of benzene rings is 1. The molecule has 20 heavy (non-hydrogen) atoms. The Labute approximate surface area is 118 Å². The Balaban J connectivity index is 2.14. The summed E-state index contributed by atoms with van der Waals surface area (Å²) >= 11 is 0. The molecule has 1 saturated heterocycles. The predicted octanol–water partition coefficient (Wildman–Crippen LogP) is 2.11. The van der Waals surface area contributed by atoms with E-state index in [9.17, 15) is 4.79 Å². The number of carbonyl (C=O) groups is 1. The monoisotopic (exact) mass is 269 g/mol. The van der Waals surface area contributed by atoms with Crippen LogP contribution >= 0.6 is 0 Å². The Morgan fingerprint density at radius 2 is 1.95 bits per heavy atom. The van der Waals surface area contributed by atoms with Gasteiger partial charge in [0.2, 0.25) is 0 Å². The summed E-state index contributed by atoms with van der Waals surface area (Å²) < 4.78 is 4.70. The van der Waals surface area contributed by atoms with Crippen molar-refractivity contribution in [2.45, 2.75) is 12.8 Å². The van der Waals surface area contributed by atoms with Crippen LogP contribution in [0.25, 0.3) is 0 Å². The van der Waals surface area contributed by atoms with Crippen LogP contribution < -0.4 is 4.90 Å². The van der Waals surface area contributed by atoms with Gasteiger partial charge in [0.1, 0.15) is 5.41 Å². The van der Waals surface area contributed by atoms with E-state index in [1.54, 1.807) is 18.2 Å². The summed E-state index contributed by atoms with van der Waals surface area (Å²) in [5.41, 5.74) is 0.552. The van der Waals surface area contributed by atoms with Crippen molar-refractivity contribution < 1.29 is 9.53 Å². The Hall–Kier alpha value is -2.53. The Bertz CT molecular complexity index is 574. The topological polar surface area (TPSA) is 77.1 Å². The van der Waals surface area contributed by atoms with Crippen LogP contribution in [0.3, 0.4) is 0 Å². The molecule has 102 valence electrons. The second-order valence-electron chi connectivity index (χ2n) is 4.83. The van der Waals surface area contributed by atoms with Gasteiger partial charge in [0.05, 0.1) is 24.8 Å². The number of hydrogen-bond donors (Lipinski definition) is 0. The number of hydrogen-bond acceptors (Lipinski definition) is 5. The van der Waals surface area contributed by atoms with Crippen LogP contribution in [0.5, 0.6) is 0 Å². The van der Waals surface area contributed by atoms with Crippen molar-refractivity contribution >= 4 is 11.7 Å². The minimum Gasteiger partial charge on any atom is -0.465 e. The predicted molar refractivity (Wildman–Crippen MR) is 72.9 cm³/mol. The van der Waals surface area contributed by atoms with Gasteiger partial charge in [-0.05, 0) is 31.0 Å². The summed E-state index contributed by atoms with van der Waals surface area (Å²) in [5.74, 6) is -0.368. The zero-order valence-electron chi connectivity index (χ0n) is 11.3. The molecule has 0 N–H and O–H groups in total. The largest absolute Gasteiger partial charge is 0.465 e. The van der Waals surface area contributed by atoms with Crippen LogP contribution in [0, 0.1) is 28.1 Å². The third kappa shape index (κ3) is 2.57. The first kappa shape index (κ1) is 13.9. The number of esters is 1. The number of anilines is 1. The molecule has 5 heteroatoms. The van der Waals surface area contributed by atoms with Crippen LogP contribution in [-0.4, -0.2) is 26.2 Å². The molecule has 1 aliphatic heterocycles. The van der Waals surface area contributed by atoms with Gasteiger partial charge in [0.15, 0.2) is 0 Å². The first-order chi connectivity index (χ1) is 9.64. The molecular formula is C15H15N3O2. The van der Waals surface area contributed by atoms with Gasteiger partial charge < -0.3 is 9.64 Å². The maximum atomic E-state index is 11.5. The maximum Gasteiger partial charge on any atom is 0.337 e. The molecule has 0 aliphatic carbocycles. The number of piperidine rings is 1. The molecule has 1 aliphatic rings. The summed E-state index contributed by atoms with van der Waals surface area (Å²) in [4.78, 5) is 13.6. The van der Waals surface area contributed by atoms with Gasteiger partial charge in [-0.2, -0.15) is 10.5 Å². The van der Waals surface area contributed by atoms with Crippen molar-refractivity contribution in [2.75, 3.05) is 25.1 Å². The van der Waals surface area contributed by atoms with E-state index in [-0.39, 0.29) is 5.97 Å².